The average molecular weight is 328 g/mol. The highest BCUT2D eigenvalue weighted by atomic mass is 16.6. The summed E-state index contributed by atoms with van der Waals surface area (Å²) in [6.45, 7) is 6.47. The van der Waals surface area contributed by atoms with Gasteiger partial charge < -0.3 is 14.6 Å². The topological polar surface area (TPSA) is 55.8 Å². The number of hydrogen-bond donors (Lipinski definition) is 1. The van der Waals surface area contributed by atoms with Crippen molar-refractivity contribution in [1.82, 2.24) is 0 Å². The Morgan fingerprint density at radius 2 is 1.96 bits per heavy atom. The highest BCUT2D eigenvalue weighted by Gasteiger charge is 2.66. The van der Waals surface area contributed by atoms with Crippen LogP contribution in [0, 0.1) is 32.6 Å². The Bertz CT molecular complexity index is 740. The summed E-state index contributed by atoms with van der Waals surface area (Å²) in [6.07, 6.45) is 1.63. The Labute approximate surface area is 142 Å². The standard InChI is InChI=1S/C20H24O4/c1-10-7-11(2)14(12(3)8-10)16-18(21)15-13-5-6-20(24-13,9-23-4)17(15)19(16)22/h7-8,13,15,17,21H,5-6,9H2,1-4H3/t13-,15-,17+,20-/m0/s1. The van der Waals surface area contributed by atoms with Crippen LogP contribution in [0.25, 0.3) is 5.57 Å². The van der Waals surface area contributed by atoms with Gasteiger partial charge in [-0.25, -0.2) is 0 Å². The molecule has 0 saturated carbocycles. The van der Waals surface area contributed by atoms with E-state index in [2.05, 4.69) is 12.1 Å². The molecule has 0 amide bonds. The predicted octanol–water partition coefficient (Wildman–Crippen LogP) is 3.27. The van der Waals surface area contributed by atoms with E-state index in [1.807, 2.05) is 20.8 Å². The summed E-state index contributed by atoms with van der Waals surface area (Å²) in [6, 6.07) is 4.14. The maximum Gasteiger partial charge on any atom is 0.173 e. The number of aryl methyl sites for hydroxylation is 3. The van der Waals surface area contributed by atoms with Gasteiger partial charge in [-0.05, 0) is 50.3 Å². The molecule has 1 aliphatic carbocycles. The zero-order chi connectivity index (χ0) is 17.2. The largest absolute Gasteiger partial charge is 0.511 e. The first-order valence-electron chi connectivity index (χ1n) is 8.62. The van der Waals surface area contributed by atoms with Gasteiger partial charge in [0.2, 0.25) is 0 Å². The van der Waals surface area contributed by atoms with Gasteiger partial charge in [0.05, 0.1) is 30.1 Å². The molecular formula is C20H24O4. The third kappa shape index (κ3) is 1.90. The van der Waals surface area contributed by atoms with Crippen LogP contribution in [-0.2, 0) is 14.3 Å². The normalized spacial score (nSPS) is 34.3. The Balaban J connectivity index is 1.84. The summed E-state index contributed by atoms with van der Waals surface area (Å²) in [7, 11) is 1.64. The lowest BCUT2D eigenvalue weighted by Gasteiger charge is -2.31. The van der Waals surface area contributed by atoms with Crippen LogP contribution in [0.4, 0.5) is 0 Å². The van der Waals surface area contributed by atoms with Crippen LogP contribution >= 0.6 is 0 Å². The number of benzene rings is 1. The fourth-order valence-electron chi connectivity index (χ4n) is 5.28. The monoisotopic (exact) mass is 328 g/mol. The molecule has 0 unspecified atom stereocenters. The molecule has 24 heavy (non-hydrogen) atoms. The first-order valence-corrected chi connectivity index (χ1v) is 8.62. The highest BCUT2D eigenvalue weighted by Crippen LogP contribution is 2.59. The number of fused-ring (bicyclic) bond motifs is 5. The van der Waals surface area contributed by atoms with Crippen molar-refractivity contribution >= 4 is 11.4 Å². The van der Waals surface area contributed by atoms with Gasteiger partial charge in [-0.3, -0.25) is 4.79 Å². The summed E-state index contributed by atoms with van der Waals surface area (Å²) in [5.41, 5.74) is 4.08. The van der Waals surface area contributed by atoms with Gasteiger partial charge in [0.1, 0.15) is 11.4 Å². The van der Waals surface area contributed by atoms with Gasteiger partial charge >= 0.3 is 0 Å². The number of rotatable bonds is 3. The number of Topliss-reactive ketones (excluding diaryl/α,β-unsaturated/α-hetero) is 1. The van der Waals surface area contributed by atoms with E-state index in [0.29, 0.717) is 12.2 Å². The van der Waals surface area contributed by atoms with Gasteiger partial charge in [-0.15, -0.1) is 0 Å². The van der Waals surface area contributed by atoms with Crippen molar-refractivity contribution in [2.45, 2.75) is 45.3 Å². The molecule has 4 heteroatoms. The van der Waals surface area contributed by atoms with Gasteiger partial charge in [-0.1, -0.05) is 17.7 Å². The molecule has 2 aliphatic heterocycles. The second kappa shape index (κ2) is 5.17. The summed E-state index contributed by atoms with van der Waals surface area (Å²) in [5.74, 6) is -0.280. The van der Waals surface area contributed by atoms with Crippen LogP contribution in [0.5, 0.6) is 0 Å². The molecule has 0 radical (unpaired) electrons. The van der Waals surface area contributed by atoms with Crippen molar-refractivity contribution in [2.24, 2.45) is 11.8 Å². The van der Waals surface area contributed by atoms with Gasteiger partial charge in [-0.2, -0.15) is 0 Å². The number of carbonyl (C=O) groups is 1. The van der Waals surface area contributed by atoms with Crippen LogP contribution in [0.1, 0.15) is 35.1 Å². The number of carbonyl (C=O) groups excluding carboxylic acids is 1. The molecule has 3 aliphatic rings. The highest BCUT2D eigenvalue weighted by molar-refractivity contribution is 6.26. The Kier molecular flexibility index (Phi) is 3.42. The zero-order valence-corrected chi connectivity index (χ0v) is 14.7. The molecule has 4 atom stereocenters. The quantitative estimate of drug-likeness (QED) is 0.925. The molecule has 1 aromatic carbocycles. The van der Waals surface area contributed by atoms with Gasteiger partial charge in [0, 0.05) is 7.11 Å². The van der Waals surface area contributed by atoms with E-state index in [9.17, 15) is 9.90 Å². The lowest BCUT2D eigenvalue weighted by Crippen LogP contribution is -2.44. The number of allylic oxidation sites excluding steroid dienone is 1. The average Bonchev–Trinajstić information content (AvgIpc) is 3.12. The molecule has 0 aromatic heterocycles. The minimum atomic E-state index is -0.566. The Morgan fingerprint density at radius 1 is 1.29 bits per heavy atom. The van der Waals surface area contributed by atoms with Crippen molar-refractivity contribution in [3.8, 4) is 0 Å². The summed E-state index contributed by atoms with van der Waals surface area (Å²) in [4.78, 5) is 13.3. The number of ether oxygens (including phenoxy) is 2. The number of ketones is 1. The van der Waals surface area contributed by atoms with Crippen molar-refractivity contribution < 1.29 is 19.4 Å². The summed E-state index contributed by atoms with van der Waals surface area (Å²) in [5, 5.41) is 10.9. The van der Waals surface area contributed by atoms with Crippen molar-refractivity contribution in [2.75, 3.05) is 13.7 Å². The molecule has 2 heterocycles. The van der Waals surface area contributed by atoms with E-state index in [1.165, 1.54) is 5.56 Å². The zero-order valence-electron chi connectivity index (χ0n) is 14.7. The van der Waals surface area contributed by atoms with Crippen molar-refractivity contribution in [3.63, 3.8) is 0 Å². The molecule has 2 saturated heterocycles. The molecular weight excluding hydrogens is 304 g/mol. The molecule has 4 nitrogen and oxygen atoms in total. The van der Waals surface area contributed by atoms with E-state index in [0.717, 1.165) is 29.5 Å². The fourth-order valence-corrected chi connectivity index (χ4v) is 5.28. The van der Waals surface area contributed by atoms with Crippen molar-refractivity contribution in [1.29, 1.82) is 0 Å². The lowest BCUT2D eigenvalue weighted by molar-refractivity contribution is -0.126. The van der Waals surface area contributed by atoms with E-state index in [4.69, 9.17) is 9.47 Å². The number of hydrogen-bond acceptors (Lipinski definition) is 4. The lowest BCUT2D eigenvalue weighted by atomic mass is 9.72. The van der Waals surface area contributed by atoms with E-state index in [1.54, 1.807) is 7.11 Å². The van der Waals surface area contributed by atoms with Crippen LogP contribution in [0.15, 0.2) is 17.9 Å². The van der Waals surface area contributed by atoms with Crippen molar-refractivity contribution in [3.05, 3.63) is 40.1 Å². The molecule has 0 spiro atoms. The fraction of sp³-hybridized carbons (Fsp3) is 0.550. The Hall–Kier alpha value is -1.65. The second-order valence-electron chi connectivity index (χ2n) is 7.59. The summed E-state index contributed by atoms with van der Waals surface area (Å²) >= 11 is 0. The summed E-state index contributed by atoms with van der Waals surface area (Å²) < 4.78 is 11.5. The van der Waals surface area contributed by atoms with Gasteiger partial charge in [0.15, 0.2) is 5.78 Å². The molecule has 2 bridgehead atoms. The maximum absolute atomic E-state index is 13.3. The number of methoxy groups -OCH3 is 1. The van der Waals surface area contributed by atoms with Crippen LogP contribution < -0.4 is 0 Å². The maximum atomic E-state index is 13.3. The van der Waals surface area contributed by atoms with E-state index in [-0.39, 0.29) is 29.5 Å². The van der Waals surface area contributed by atoms with Crippen LogP contribution in [0.3, 0.4) is 0 Å². The molecule has 2 fully saturated rings. The smallest absolute Gasteiger partial charge is 0.173 e. The Morgan fingerprint density at radius 3 is 2.58 bits per heavy atom. The minimum Gasteiger partial charge on any atom is -0.511 e. The van der Waals surface area contributed by atoms with Gasteiger partial charge in [0.25, 0.3) is 0 Å². The van der Waals surface area contributed by atoms with E-state index >= 15 is 0 Å². The molecule has 128 valence electrons. The predicted molar refractivity (Wildman–Crippen MR) is 90.9 cm³/mol. The molecule has 4 rings (SSSR count). The third-order valence-corrected chi connectivity index (χ3v) is 5.98. The first-order chi connectivity index (χ1) is 11.4. The SMILES string of the molecule is COC[C@]12CC[C@H](O1)[C@@H]1C(O)=C(c3c(C)cc(C)cc3C)C(=O)[C@@H]12. The number of aliphatic hydroxyl groups excluding tert-OH is 1. The van der Waals surface area contributed by atoms with E-state index < -0.39 is 5.60 Å². The molecule has 1 N–H and O–H groups in total. The second-order valence-corrected chi connectivity index (χ2v) is 7.59. The number of aliphatic hydroxyl groups is 1. The van der Waals surface area contributed by atoms with Crippen LogP contribution in [-0.4, -0.2) is 36.3 Å². The molecule has 1 aromatic rings. The minimum absolute atomic E-state index is 0.0202. The third-order valence-electron chi connectivity index (χ3n) is 5.98. The van der Waals surface area contributed by atoms with Crippen LogP contribution in [0.2, 0.25) is 0 Å². The first kappa shape index (κ1) is 15.9.